The number of anilines is 1. The molecule has 0 fully saturated rings. The van der Waals surface area contributed by atoms with Crippen molar-refractivity contribution in [3.8, 4) is 6.01 Å². The van der Waals surface area contributed by atoms with Crippen LogP contribution in [0.25, 0.3) is 0 Å². The van der Waals surface area contributed by atoms with Crippen LogP contribution in [0.1, 0.15) is 17.0 Å². The molecule has 8 nitrogen and oxygen atoms in total. The second-order valence-corrected chi connectivity index (χ2v) is 7.51. The van der Waals surface area contributed by atoms with Crippen molar-refractivity contribution >= 4 is 16.0 Å². The summed E-state index contributed by atoms with van der Waals surface area (Å²) in [5, 5.41) is 0. The first-order chi connectivity index (χ1) is 12.5. The maximum atomic E-state index is 12.6. The summed E-state index contributed by atoms with van der Waals surface area (Å²) in [4.78, 5) is 13.7. The first-order valence-electron chi connectivity index (χ1n) is 7.60. The number of alkyl halides is 3. The minimum atomic E-state index is -4.47. The molecule has 2 rings (SSSR count). The van der Waals surface area contributed by atoms with Crippen LogP contribution in [0.5, 0.6) is 6.01 Å². The number of nitrogens with one attached hydrogen (secondary N) is 1. The zero-order valence-electron chi connectivity index (χ0n) is 14.8. The van der Waals surface area contributed by atoms with Crippen molar-refractivity contribution < 1.29 is 26.3 Å². The van der Waals surface area contributed by atoms with Gasteiger partial charge in [0.15, 0.2) is 5.82 Å². The molecule has 1 N–H and O–H groups in total. The van der Waals surface area contributed by atoms with Gasteiger partial charge < -0.3 is 9.64 Å². The molecule has 1 aromatic carbocycles. The summed E-state index contributed by atoms with van der Waals surface area (Å²) in [6.45, 7) is -0.220. The van der Waals surface area contributed by atoms with Crippen LogP contribution in [-0.2, 0) is 28.5 Å². The normalized spacial score (nSPS) is 12.1. The number of rotatable bonds is 7. The molecule has 0 atom stereocenters. The molecule has 1 heterocycles. The van der Waals surface area contributed by atoms with E-state index in [1.165, 1.54) is 7.11 Å². The number of ether oxygens (including phenoxy) is 1. The molecule has 1 aromatic heterocycles. The van der Waals surface area contributed by atoms with E-state index in [-0.39, 0.29) is 23.9 Å². The van der Waals surface area contributed by atoms with Gasteiger partial charge in [-0.15, -0.1) is 0 Å². The summed E-state index contributed by atoms with van der Waals surface area (Å²) >= 11 is 0. The average molecular weight is 405 g/mol. The van der Waals surface area contributed by atoms with Crippen molar-refractivity contribution in [1.29, 1.82) is 0 Å². The highest BCUT2D eigenvalue weighted by Crippen LogP contribution is 2.29. The predicted octanol–water partition coefficient (Wildman–Crippen LogP) is 1.58. The van der Waals surface area contributed by atoms with Gasteiger partial charge in [0.25, 0.3) is 0 Å². The van der Waals surface area contributed by atoms with E-state index in [2.05, 4.69) is 19.7 Å². The van der Waals surface area contributed by atoms with Gasteiger partial charge in [-0.1, -0.05) is 12.1 Å². The van der Waals surface area contributed by atoms with Crippen LogP contribution < -0.4 is 14.4 Å². The van der Waals surface area contributed by atoms with Crippen LogP contribution in [0, 0.1) is 0 Å². The molecule has 148 valence electrons. The highest BCUT2D eigenvalue weighted by atomic mass is 32.2. The Labute approximate surface area is 154 Å². The Hall–Kier alpha value is -2.47. The van der Waals surface area contributed by atoms with Crippen LogP contribution >= 0.6 is 0 Å². The van der Waals surface area contributed by atoms with Crippen LogP contribution in [0.2, 0.25) is 0 Å². The lowest BCUT2D eigenvalue weighted by molar-refractivity contribution is -0.137. The Morgan fingerprint density at radius 1 is 1.11 bits per heavy atom. The number of nitrogens with zero attached hydrogens (tertiary/aromatic N) is 4. The smallest absolute Gasteiger partial charge is 0.416 e. The van der Waals surface area contributed by atoms with Gasteiger partial charge in [0.2, 0.25) is 16.0 Å². The molecule has 0 aliphatic rings. The molecule has 27 heavy (non-hydrogen) atoms. The number of halogens is 3. The fourth-order valence-corrected chi connectivity index (χ4v) is 3.07. The maximum Gasteiger partial charge on any atom is 0.416 e. The molecule has 0 saturated carbocycles. The Bertz CT molecular complexity index is 887. The molecule has 0 saturated heterocycles. The van der Waals surface area contributed by atoms with Gasteiger partial charge in [-0.05, 0) is 17.7 Å². The quantitative estimate of drug-likeness (QED) is 0.747. The van der Waals surface area contributed by atoms with Crippen LogP contribution in [0.3, 0.4) is 0 Å². The second kappa shape index (κ2) is 8.05. The average Bonchev–Trinajstić information content (AvgIpc) is 2.59. The Morgan fingerprint density at radius 2 is 1.74 bits per heavy atom. The number of benzene rings is 1. The maximum absolute atomic E-state index is 12.6. The third kappa shape index (κ3) is 6.03. The molecule has 0 radical (unpaired) electrons. The zero-order chi connectivity index (χ0) is 20.2. The number of hydrogen-bond acceptors (Lipinski definition) is 7. The second-order valence-electron chi connectivity index (χ2n) is 5.71. The largest absolute Gasteiger partial charge is 0.467 e. The van der Waals surface area contributed by atoms with E-state index in [1.807, 2.05) is 0 Å². The summed E-state index contributed by atoms with van der Waals surface area (Å²) in [6, 6.07) is 3.96. The lowest BCUT2D eigenvalue weighted by atomic mass is 10.1. The Balaban J connectivity index is 2.08. The number of hydrogen-bond donors (Lipinski definition) is 1. The zero-order valence-corrected chi connectivity index (χ0v) is 15.6. The summed E-state index contributed by atoms with van der Waals surface area (Å²) in [6.07, 6.45) is -4.47. The predicted molar refractivity (Wildman–Crippen MR) is 91.6 cm³/mol. The Kier molecular flexibility index (Phi) is 6.21. The number of sulfonamides is 1. The SMILES string of the molecule is COc1nc(CNS(=O)(=O)Cc2ccc(C(F)(F)F)cc2)nc(N(C)C)n1. The highest BCUT2D eigenvalue weighted by Gasteiger charge is 2.30. The third-order valence-electron chi connectivity index (χ3n) is 3.32. The molecule has 0 spiro atoms. The van der Waals surface area contributed by atoms with Gasteiger partial charge in [0, 0.05) is 14.1 Å². The van der Waals surface area contributed by atoms with Crippen molar-refractivity contribution in [2.75, 3.05) is 26.1 Å². The molecule has 0 aliphatic heterocycles. The minimum Gasteiger partial charge on any atom is -0.467 e. The molecule has 0 amide bonds. The fraction of sp³-hybridized carbons (Fsp3) is 0.400. The molecule has 0 bridgehead atoms. The molecule has 0 unspecified atom stereocenters. The van der Waals surface area contributed by atoms with E-state index < -0.39 is 27.5 Å². The molecular weight excluding hydrogens is 387 g/mol. The van der Waals surface area contributed by atoms with E-state index in [0.717, 1.165) is 24.3 Å². The van der Waals surface area contributed by atoms with E-state index in [1.54, 1.807) is 19.0 Å². The standard InChI is InChI=1S/C15H18F3N5O3S/c1-23(2)13-20-12(21-14(22-13)26-3)8-19-27(24,25)9-10-4-6-11(7-5-10)15(16,17)18/h4-7,19H,8-9H2,1-3H3. The molecule has 0 aliphatic carbocycles. The summed E-state index contributed by atoms with van der Waals surface area (Å²) < 4.78 is 69.3. The molecular formula is C15H18F3N5O3S. The van der Waals surface area contributed by atoms with Crippen LogP contribution in [0.4, 0.5) is 19.1 Å². The number of methoxy groups -OCH3 is 1. The van der Waals surface area contributed by atoms with Gasteiger partial charge in [0.05, 0.1) is 25.0 Å². The van der Waals surface area contributed by atoms with E-state index in [9.17, 15) is 21.6 Å². The van der Waals surface area contributed by atoms with E-state index in [4.69, 9.17) is 4.74 Å². The minimum absolute atomic E-state index is 0.0330. The lowest BCUT2D eigenvalue weighted by Gasteiger charge is -2.12. The van der Waals surface area contributed by atoms with E-state index in [0.29, 0.717) is 5.95 Å². The van der Waals surface area contributed by atoms with Crippen molar-refractivity contribution in [2.45, 2.75) is 18.5 Å². The highest BCUT2D eigenvalue weighted by molar-refractivity contribution is 7.88. The molecule has 2 aromatic rings. The summed E-state index contributed by atoms with van der Waals surface area (Å²) in [5.74, 6) is -0.0474. The Morgan fingerprint density at radius 3 is 2.26 bits per heavy atom. The van der Waals surface area contributed by atoms with Gasteiger partial charge in [0.1, 0.15) is 0 Å². The van der Waals surface area contributed by atoms with Gasteiger partial charge >= 0.3 is 12.2 Å². The summed E-state index contributed by atoms with van der Waals surface area (Å²) in [5.41, 5.74) is -0.622. The third-order valence-corrected chi connectivity index (χ3v) is 4.62. The first kappa shape index (κ1) is 20.8. The van der Waals surface area contributed by atoms with Gasteiger partial charge in [-0.3, -0.25) is 0 Å². The van der Waals surface area contributed by atoms with Crippen LogP contribution in [-0.4, -0.2) is 44.6 Å². The molecule has 12 heteroatoms. The van der Waals surface area contributed by atoms with Gasteiger partial charge in [-0.2, -0.15) is 28.1 Å². The van der Waals surface area contributed by atoms with Crippen molar-refractivity contribution in [1.82, 2.24) is 19.7 Å². The van der Waals surface area contributed by atoms with E-state index >= 15 is 0 Å². The fourth-order valence-electron chi connectivity index (χ4n) is 1.99. The topological polar surface area (TPSA) is 97.3 Å². The van der Waals surface area contributed by atoms with Gasteiger partial charge in [-0.25, -0.2) is 13.1 Å². The first-order valence-corrected chi connectivity index (χ1v) is 9.25. The van der Waals surface area contributed by atoms with Crippen molar-refractivity contribution in [2.24, 2.45) is 0 Å². The summed E-state index contributed by atoms with van der Waals surface area (Å²) in [7, 11) is 0.952. The lowest BCUT2D eigenvalue weighted by Crippen LogP contribution is -2.26. The monoisotopic (exact) mass is 405 g/mol. The van der Waals surface area contributed by atoms with Crippen molar-refractivity contribution in [3.05, 3.63) is 41.2 Å². The number of aromatic nitrogens is 3. The van der Waals surface area contributed by atoms with Crippen LogP contribution in [0.15, 0.2) is 24.3 Å². The van der Waals surface area contributed by atoms with Crippen molar-refractivity contribution in [3.63, 3.8) is 0 Å².